The fraction of sp³-hybridized carbons (Fsp3) is 0.977. The Kier molecular flexibility index (Phi) is 41.0. The van der Waals surface area contributed by atoms with Crippen molar-refractivity contribution in [3.8, 4) is 0 Å². The molecule has 0 atom stereocenters. The Morgan fingerprint density at radius 2 is 0.489 bits per heavy atom. The maximum atomic E-state index is 12.0. The van der Waals surface area contributed by atoms with Gasteiger partial charge in [0.05, 0.1) is 6.61 Å². The first-order valence-electron chi connectivity index (χ1n) is 21.5. The van der Waals surface area contributed by atoms with Crippen LogP contribution in [0.15, 0.2) is 0 Å². The average Bonchev–Trinajstić information content (AvgIpc) is 3.05. The van der Waals surface area contributed by atoms with Crippen LogP contribution in [0.3, 0.4) is 0 Å². The van der Waals surface area contributed by atoms with Gasteiger partial charge in [0, 0.05) is 6.42 Å². The highest BCUT2D eigenvalue weighted by atomic mass is 16.5. The summed E-state index contributed by atoms with van der Waals surface area (Å²) in [7, 11) is 0. The third-order valence-electron chi connectivity index (χ3n) is 10.00. The molecule has 0 N–H and O–H groups in total. The molecular formula is C43H86O2. The van der Waals surface area contributed by atoms with Gasteiger partial charge in [0.15, 0.2) is 0 Å². The summed E-state index contributed by atoms with van der Waals surface area (Å²) in [6.45, 7) is 5.22. The molecule has 0 rings (SSSR count). The van der Waals surface area contributed by atoms with E-state index in [-0.39, 0.29) is 5.97 Å². The Morgan fingerprint density at radius 1 is 0.289 bits per heavy atom. The van der Waals surface area contributed by atoms with Crippen LogP contribution in [0.2, 0.25) is 0 Å². The van der Waals surface area contributed by atoms with Crippen molar-refractivity contribution in [3.05, 3.63) is 0 Å². The van der Waals surface area contributed by atoms with Crippen LogP contribution in [0.25, 0.3) is 0 Å². The van der Waals surface area contributed by atoms with Gasteiger partial charge >= 0.3 is 5.97 Å². The molecule has 0 aromatic carbocycles. The molecule has 0 aliphatic rings. The maximum absolute atomic E-state index is 12.0. The summed E-state index contributed by atoms with van der Waals surface area (Å²) in [5.74, 6) is 0.0300. The lowest BCUT2D eigenvalue weighted by Crippen LogP contribution is -2.05. The fourth-order valence-electron chi connectivity index (χ4n) is 6.79. The van der Waals surface area contributed by atoms with E-state index in [1.807, 2.05) is 0 Å². The minimum absolute atomic E-state index is 0.0300. The lowest BCUT2D eigenvalue weighted by Gasteiger charge is -2.06. The SMILES string of the molecule is CCCCCCCCCCCCCCCCCCCCCCCCCCCOC(=O)CCCCCCCCCCCCCCC. The summed E-state index contributed by atoms with van der Waals surface area (Å²) in [4.78, 5) is 12.0. The molecular weight excluding hydrogens is 548 g/mol. The Morgan fingerprint density at radius 3 is 0.733 bits per heavy atom. The van der Waals surface area contributed by atoms with Crippen LogP contribution >= 0.6 is 0 Å². The smallest absolute Gasteiger partial charge is 0.305 e. The third kappa shape index (κ3) is 41.4. The van der Waals surface area contributed by atoms with Crippen molar-refractivity contribution in [3.63, 3.8) is 0 Å². The van der Waals surface area contributed by atoms with Gasteiger partial charge in [0.1, 0.15) is 0 Å². The largest absolute Gasteiger partial charge is 0.466 e. The zero-order valence-electron chi connectivity index (χ0n) is 31.6. The molecule has 0 bridgehead atoms. The second-order valence-electron chi connectivity index (χ2n) is 14.7. The second-order valence-corrected chi connectivity index (χ2v) is 14.7. The van der Waals surface area contributed by atoms with Gasteiger partial charge in [-0.15, -0.1) is 0 Å². The molecule has 0 amide bonds. The molecule has 0 heterocycles. The highest BCUT2D eigenvalue weighted by Crippen LogP contribution is 2.16. The van der Waals surface area contributed by atoms with E-state index >= 15 is 0 Å². The quantitative estimate of drug-likeness (QED) is 0.0495. The molecule has 270 valence electrons. The molecule has 0 radical (unpaired) electrons. The number of ether oxygens (including phenoxy) is 1. The average molecular weight is 635 g/mol. The Labute approximate surface area is 285 Å². The lowest BCUT2D eigenvalue weighted by atomic mass is 10.0. The van der Waals surface area contributed by atoms with Crippen LogP contribution in [0.4, 0.5) is 0 Å². The topological polar surface area (TPSA) is 26.3 Å². The van der Waals surface area contributed by atoms with E-state index in [9.17, 15) is 4.79 Å². The minimum Gasteiger partial charge on any atom is -0.466 e. The van der Waals surface area contributed by atoms with Gasteiger partial charge in [-0.3, -0.25) is 4.79 Å². The maximum Gasteiger partial charge on any atom is 0.305 e. The molecule has 2 nitrogen and oxygen atoms in total. The van der Waals surface area contributed by atoms with Gasteiger partial charge in [-0.1, -0.05) is 245 Å². The molecule has 2 heteroatoms. The molecule has 0 fully saturated rings. The van der Waals surface area contributed by atoms with E-state index in [2.05, 4.69) is 13.8 Å². The third-order valence-corrected chi connectivity index (χ3v) is 10.00. The number of carbonyl (C=O) groups is 1. The number of rotatable bonds is 40. The first-order valence-corrected chi connectivity index (χ1v) is 21.5. The van der Waals surface area contributed by atoms with Gasteiger partial charge in [-0.2, -0.15) is 0 Å². The van der Waals surface area contributed by atoms with Crippen molar-refractivity contribution in [2.24, 2.45) is 0 Å². The molecule has 45 heavy (non-hydrogen) atoms. The first-order chi connectivity index (χ1) is 22.3. The minimum atomic E-state index is 0.0300. The van der Waals surface area contributed by atoms with Gasteiger partial charge in [0.2, 0.25) is 0 Å². The van der Waals surface area contributed by atoms with E-state index in [0.29, 0.717) is 13.0 Å². The lowest BCUT2D eigenvalue weighted by molar-refractivity contribution is -0.143. The van der Waals surface area contributed by atoms with E-state index in [1.54, 1.807) is 0 Å². The number of esters is 1. The van der Waals surface area contributed by atoms with E-state index in [0.717, 1.165) is 12.8 Å². The van der Waals surface area contributed by atoms with Crippen LogP contribution in [-0.4, -0.2) is 12.6 Å². The number of hydrogen-bond donors (Lipinski definition) is 0. The van der Waals surface area contributed by atoms with E-state index in [4.69, 9.17) is 4.74 Å². The van der Waals surface area contributed by atoms with Crippen molar-refractivity contribution < 1.29 is 9.53 Å². The summed E-state index contributed by atoms with van der Waals surface area (Å²) in [5.41, 5.74) is 0. The number of unbranched alkanes of at least 4 members (excludes halogenated alkanes) is 36. The van der Waals surface area contributed by atoms with Crippen molar-refractivity contribution in [2.45, 2.75) is 264 Å². The summed E-state index contributed by atoms with van der Waals surface area (Å²) < 4.78 is 5.46. The normalized spacial score (nSPS) is 11.4. The Hall–Kier alpha value is -0.530. The fourth-order valence-corrected chi connectivity index (χ4v) is 6.79. The zero-order valence-corrected chi connectivity index (χ0v) is 31.6. The number of carbonyl (C=O) groups excluding carboxylic acids is 1. The standard InChI is InChI=1S/C43H86O2/c1-3-5-7-9-11-13-15-17-18-19-20-21-22-23-24-25-26-27-28-30-32-34-36-38-40-42-45-43(44)41-39-37-35-33-31-29-16-14-12-10-8-6-4-2/h3-42H2,1-2H3. The van der Waals surface area contributed by atoms with Crippen molar-refractivity contribution in [1.82, 2.24) is 0 Å². The molecule has 0 spiro atoms. The highest BCUT2D eigenvalue weighted by Gasteiger charge is 2.03. The van der Waals surface area contributed by atoms with E-state index < -0.39 is 0 Å². The van der Waals surface area contributed by atoms with E-state index in [1.165, 1.54) is 231 Å². The summed E-state index contributed by atoms with van der Waals surface area (Å²) in [6.07, 6.45) is 53.5. The first kappa shape index (κ1) is 44.5. The number of hydrogen-bond acceptors (Lipinski definition) is 2. The van der Waals surface area contributed by atoms with Gasteiger partial charge < -0.3 is 4.74 Å². The Balaban J connectivity index is 3.12. The van der Waals surface area contributed by atoms with Crippen molar-refractivity contribution in [2.75, 3.05) is 6.61 Å². The van der Waals surface area contributed by atoms with Gasteiger partial charge in [-0.25, -0.2) is 0 Å². The molecule has 0 saturated heterocycles. The van der Waals surface area contributed by atoms with Crippen LogP contribution < -0.4 is 0 Å². The van der Waals surface area contributed by atoms with Crippen LogP contribution in [-0.2, 0) is 9.53 Å². The van der Waals surface area contributed by atoms with Crippen LogP contribution in [0.1, 0.15) is 264 Å². The Bertz CT molecular complexity index is 530. The highest BCUT2D eigenvalue weighted by molar-refractivity contribution is 5.69. The summed E-state index contributed by atoms with van der Waals surface area (Å²) >= 11 is 0. The molecule has 0 aromatic heterocycles. The van der Waals surface area contributed by atoms with Crippen LogP contribution in [0.5, 0.6) is 0 Å². The van der Waals surface area contributed by atoms with Crippen molar-refractivity contribution >= 4 is 5.97 Å². The van der Waals surface area contributed by atoms with Gasteiger partial charge in [-0.05, 0) is 12.8 Å². The zero-order chi connectivity index (χ0) is 32.6. The van der Waals surface area contributed by atoms with Gasteiger partial charge in [0.25, 0.3) is 0 Å². The molecule has 0 saturated carbocycles. The molecule has 0 aliphatic carbocycles. The predicted molar refractivity (Wildman–Crippen MR) is 202 cm³/mol. The van der Waals surface area contributed by atoms with Crippen molar-refractivity contribution in [1.29, 1.82) is 0 Å². The predicted octanol–water partition coefficient (Wildman–Crippen LogP) is 15.8. The molecule has 0 unspecified atom stereocenters. The molecule has 0 aliphatic heterocycles. The summed E-state index contributed by atoms with van der Waals surface area (Å²) in [6, 6.07) is 0. The van der Waals surface area contributed by atoms with Crippen LogP contribution in [0, 0.1) is 0 Å². The monoisotopic (exact) mass is 635 g/mol. The summed E-state index contributed by atoms with van der Waals surface area (Å²) in [5, 5.41) is 0. The second kappa shape index (κ2) is 41.5. The molecule has 0 aromatic rings.